The van der Waals surface area contributed by atoms with Crippen LogP contribution in [0.3, 0.4) is 0 Å². The lowest BCUT2D eigenvalue weighted by molar-refractivity contribution is -0.138. The molecule has 4 rings (SSSR count). The maximum Gasteiger partial charge on any atom is 0.323 e. The fourth-order valence-corrected chi connectivity index (χ4v) is 4.62. The zero-order valence-electron chi connectivity index (χ0n) is 21.6. The highest BCUT2D eigenvalue weighted by molar-refractivity contribution is 5.91. The predicted octanol–water partition coefficient (Wildman–Crippen LogP) is 5.68. The Morgan fingerprint density at radius 2 is 1.50 bits per heavy atom. The van der Waals surface area contributed by atoms with E-state index in [4.69, 9.17) is 9.47 Å². The van der Waals surface area contributed by atoms with Gasteiger partial charge in [-0.25, -0.2) is 0 Å². The zero-order valence-corrected chi connectivity index (χ0v) is 21.6. The average molecular weight is 516 g/mol. The average Bonchev–Trinajstić information content (AvgIpc) is 3.22. The number of carboxylic acids is 2. The number of fused-ring (bicyclic) bond motifs is 1. The Bertz CT molecular complexity index is 1390. The van der Waals surface area contributed by atoms with E-state index in [9.17, 15) is 19.8 Å². The second-order valence-electron chi connectivity index (χ2n) is 9.42. The van der Waals surface area contributed by atoms with Gasteiger partial charge in [0.25, 0.3) is 0 Å². The van der Waals surface area contributed by atoms with Crippen LogP contribution >= 0.6 is 0 Å². The van der Waals surface area contributed by atoms with Gasteiger partial charge in [-0.3, -0.25) is 9.59 Å². The molecule has 0 radical (unpaired) electrons. The standard InChI is InChI=1S/C31H33NO6/c1-22-6-4-8-27(18-22)38-17-3-2-16-37-26-14-11-23(12-15-26)10-13-24-7-5-9-28-31(24)25(19-29(33)34)20-32(28)21-30(35)36/h4-9,11-12,14-15,18,20H,2-3,10,13,16-17,19,21H2,1H3,(H,33,34)(H,35,36). The molecule has 0 aliphatic heterocycles. The normalized spacial score (nSPS) is 11.0. The highest BCUT2D eigenvalue weighted by Crippen LogP contribution is 2.27. The number of ether oxygens (including phenoxy) is 2. The summed E-state index contributed by atoms with van der Waals surface area (Å²) in [4.78, 5) is 22.7. The molecule has 0 spiro atoms. The first kappa shape index (κ1) is 26.8. The second-order valence-corrected chi connectivity index (χ2v) is 9.42. The van der Waals surface area contributed by atoms with Crippen molar-refractivity contribution in [1.82, 2.24) is 4.57 Å². The maximum atomic E-state index is 11.4. The van der Waals surface area contributed by atoms with Gasteiger partial charge in [0, 0.05) is 17.1 Å². The van der Waals surface area contributed by atoms with Crippen LogP contribution < -0.4 is 9.47 Å². The quantitative estimate of drug-likeness (QED) is 0.210. The molecular weight excluding hydrogens is 482 g/mol. The topological polar surface area (TPSA) is 98.0 Å². The van der Waals surface area contributed by atoms with Crippen molar-refractivity contribution >= 4 is 22.8 Å². The van der Waals surface area contributed by atoms with Crippen LogP contribution in [-0.2, 0) is 35.4 Å². The van der Waals surface area contributed by atoms with Crippen molar-refractivity contribution in [3.63, 3.8) is 0 Å². The molecule has 7 heteroatoms. The lowest BCUT2D eigenvalue weighted by Gasteiger charge is -2.10. The number of hydrogen-bond acceptors (Lipinski definition) is 4. The minimum Gasteiger partial charge on any atom is -0.494 e. The summed E-state index contributed by atoms with van der Waals surface area (Å²) in [5.74, 6) is -0.186. The Hall–Kier alpha value is -4.26. The van der Waals surface area contributed by atoms with Gasteiger partial charge >= 0.3 is 11.9 Å². The molecule has 4 aromatic rings. The van der Waals surface area contributed by atoms with Gasteiger partial charge in [-0.2, -0.15) is 0 Å². The molecule has 2 N–H and O–H groups in total. The number of unbranched alkanes of at least 4 members (excludes halogenated alkanes) is 1. The second kappa shape index (κ2) is 12.8. The number of aliphatic carboxylic acids is 2. The molecule has 198 valence electrons. The molecule has 0 bridgehead atoms. The van der Waals surface area contributed by atoms with Crippen molar-refractivity contribution in [3.05, 3.63) is 95.2 Å². The molecule has 0 saturated carbocycles. The minimum atomic E-state index is -0.966. The Labute approximate surface area is 222 Å². The van der Waals surface area contributed by atoms with Gasteiger partial charge in [-0.15, -0.1) is 0 Å². The van der Waals surface area contributed by atoms with Crippen LogP contribution in [0.4, 0.5) is 0 Å². The Kier molecular flexibility index (Phi) is 9.03. The van der Waals surface area contributed by atoms with Gasteiger partial charge in [0.05, 0.1) is 19.6 Å². The molecule has 0 unspecified atom stereocenters. The summed E-state index contributed by atoms with van der Waals surface area (Å²) >= 11 is 0. The molecule has 1 heterocycles. The highest BCUT2D eigenvalue weighted by Gasteiger charge is 2.16. The molecule has 38 heavy (non-hydrogen) atoms. The summed E-state index contributed by atoms with van der Waals surface area (Å²) < 4.78 is 13.3. The SMILES string of the molecule is Cc1cccc(OCCCCOc2ccc(CCc3cccc4c3c(CC(=O)O)cn4CC(=O)O)cc2)c1. The van der Waals surface area contributed by atoms with Crippen molar-refractivity contribution in [2.75, 3.05) is 13.2 Å². The fourth-order valence-electron chi connectivity index (χ4n) is 4.62. The van der Waals surface area contributed by atoms with Crippen LogP contribution in [0.25, 0.3) is 10.9 Å². The van der Waals surface area contributed by atoms with Crippen molar-refractivity contribution < 1.29 is 29.3 Å². The Balaban J connectivity index is 1.29. The third kappa shape index (κ3) is 7.38. The van der Waals surface area contributed by atoms with Crippen LogP contribution in [0.15, 0.2) is 72.9 Å². The zero-order chi connectivity index (χ0) is 26.9. The van der Waals surface area contributed by atoms with Crippen LogP contribution in [0.1, 0.15) is 35.1 Å². The molecule has 0 saturated heterocycles. The molecule has 0 aliphatic carbocycles. The van der Waals surface area contributed by atoms with Crippen LogP contribution in [-0.4, -0.2) is 39.9 Å². The summed E-state index contributed by atoms with van der Waals surface area (Å²) in [5, 5.41) is 19.4. The molecule has 3 aromatic carbocycles. The van der Waals surface area contributed by atoms with E-state index in [0.717, 1.165) is 52.8 Å². The summed E-state index contributed by atoms with van der Waals surface area (Å²) in [6.07, 6.45) is 4.80. The Morgan fingerprint density at radius 1 is 0.789 bits per heavy atom. The number of aromatic nitrogens is 1. The van der Waals surface area contributed by atoms with Gasteiger partial charge in [-0.05, 0) is 85.2 Å². The first-order valence-corrected chi connectivity index (χ1v) is 12.8. The lowest BCUT2D eigenvalue weighted by atomic mass is 9.98. The van der Waals surface area contributed by atoms with Gasteiger partial charge in [-0.1, -0.05) is 36.4 Å². The number of carboxylic acid groups (broad SMARTS) is 2. The summed E-state index contributed by atoms with van der Waals surface area (Å²) in [7, 11) is 0. The van der Waals surface area contributed by atoms with Crippen molar-refractivity contribution in [2.24, 2.45) is 0 Å². The van der Waals surface area contributed by atoms with Crippen molar-refractivity contribution in [2.45, 2.75) is 45.6 Å². The summed E-state index contributed by atoms with van der Waals surface area (Å²) in [5.41, 5.74) is 4.72. The summed E-state index contributed by atoms with van der Waals surface area (Å²) in [6, 6.07) is 21.8. The lowest BCUT2D eigenvalue weighted by Crippen LogP contribution is -2.07. The van der Waals surface area contributed by atoms with Crippen molar-refractivity contribution in [1.29, 1.82) is 0 Å². The van der Waals surface area contributed by atoms with Crippen LogP contribution in [0.5, 0.6) is 11.5 Å². The number of rotatable bonds is 14. The predicted molar refractivity (Wildman–Crippen MR) is 146 cm³/mol. The van der Waals surface area contributed by atoms with Gasteiger partial charge in [0.1, 0.15) is 18.0 Å². The smallest absolute Gasteiger partial charge is 0.323 e. The number of benzene rings is 3. The number of hydrogen-bond donors (Lipinski definition) is 2. The first-order valence-electron chi connectivity index (χ1n) is 12.8. The van der Waals surface area contributed by atoms with Gasteiger partial charge in [0.15, 0.2) is 0 Å². The maximum absolute atomic E-state index is 11.4. The molecule has 7 nitrogen and oxygen atoms in total. The van der Waals surface area contributed by atoms with E-state index in [0.29, 0.717) is 25.2 Å². The van der Waals surface area contributed by atoms with E-state index in [-0.39, 0.29) is 13.0 Å². The largest absolute Gasteiger partial charge is 0.494 e. The summed E-state index contributed by atoms with van der Waals surface area (Å²) in [6.45, 7) is 3.12. The van der Waals surface area contributed by atoms with Gasteiger partial charge < -0.3 is 24.3 Å². The third-order valence-corrected chi connectivity index (χ3v) is 6.39. The molecule has 1 aromatic heterocycles. The van der Waals surface area contributed by atoms with E-state index in [1.165, 1.54) is 5.56 Å². The van der Waals surface area contributed by atoms with Crippen LogP contribution in [0.2, 0.25) is 0 Å². The van der Waals surface area contributed by atoms with Crippen LogP contribution in [0, 0.1) is 6.92 Å². The monoisotopic (exact) mass is 515 g/mol. The molecule has 0 fully saturated rings. The van der Waals surface area contributed by atoms with E-state index < -0.39 is 11.9 Å². The fraction of sp³-hybridized carbons (Fsp3) is 0.290. The van der Waals surface area contributed by atoms with E-state index >= 15 is 0 Å². The minimum absolute atomic E-state index is 0.149. The van der Waals surface area contributed by atoms with Crippen molar-refractivity contribution in [3.8, 4) is 11.5 Å². The molecule has 0 amide bonds. The van der Waals surface area contributed by atoms with E-state index in [2.05, 4.69) is 0 Å². The molecule has 0 atom stereocenters. The van der Waals surface area contributed by atoms with E-state index in [1.54, 1.807) is 10.8 Å². The molecule has 0 aliphatic rings. The highest BCUT2D eigenvalue weighted by atomic mass is 16.5. The Morgan fingerprint density at radius 3 is 2.18 bits per heavy atom. The molecular formula is C31H33NO6. The first-order chi connectivity index (χ1) is 18.4. The van der Waals surface area contributed by atoms with Gasteiger partial charge in [0.2, 0.25) is 0 Å². The number of aryl methyl sites for hydroxylation is 3. The third-order valence-electron chi connectivity index (χ3n) is 6.39. The number of carbonyl (C=O) groups is 2. The van der Waals surface area contributed by atoms with E-state index in [1.807, 2.05) is 73.7 Å². The number of nitrogens with zero attached hydrogens (tertiary/aromatic N) is 1.